The molecule has 1 heterocycles. The number of anilines is 1. The molecular formula is C29H26NO2+. The van der Waals surface area contributed by atoms with Gasteiger partial charge in [0.25, 0.3) is 16.9 Å². The highest BCUT2D eigenvalue weighted by atomic mass is 16.6. The molecule has 3 heteroatoms. The van der Waals surface area contributed by atoms with Crippen LogP contribution in [0.4, 0.5) is 5.69 Å². The molecule has 3 nitrogen and oxygen atoms in total. The van der Waals surface area contributed by atoms with Crippen LogP contribution in [0.5, 0.6) is 0 Å². The van der Waals surface area contributed by atoms with Gasteiger partial charge in [0.1, 0.15) is 0 Å². The zero-order valence-corrected chi connectivity index (χ0v) is 18.8. The van der Waals surface area contributed by atoms with Gasteiger partial charge in [-0.3, -0.25) is 4.79 Å². The van der Waals surface area contributed by atoms with Gasteiger partial charge in [-0.2, -0.15) is 0 Å². The summed E-state index contributed by atoms with van der Waals surface area (Å²) in [5.41, 5.74) is 8.95. The summed E-state index contributed by atoms with van der Waals surface area (Å²) in [7, 11) is 0. The van der Waals surface area contributed by atoms with Gasteiger partial charge in [-0.15, -0.1) is 0 Å². The van der Waals surface area contributed by atoms with Crippen LogP contribution in [0.3, 0.4) is 0 Å². The summed E-state index contributed by atoms with van der Waals surface area (Å²) < 4.78 is 3.45. The molecule has 0 unspecified atom stereocenters. The van der Waals surface area contributed by atoms with Gasteiger partial charge >= 0.3 is 0 Å². The summed E-state index contributed by atoms with van der Waals surface area (Å²) in [5.74, 6) is 0.982. The minimum atomic E-state index is -0.0657. The Morgan fingerprint density at radius 3 is 1.97 bits per heavy atom. The third kappa shape index (κ3) is 3.36. The second kappa shape index (κ2) is 7.69. The maximum atomic E-state index is 11.7. The summed E-state index contributed by atoms with van der Waals surface area (Å²) >= 11 is 0. The number of carbonyl (C=O) groups excluding carboxylic acids is 1. The summed E-state index contributed by atoms with van der Waals surface area (Å²) in [6.45, 7) is 7.91. The first-order chi connectivity index (χ1) is 15.4. The highest BCUT2D eigenvalue weighted by Crippen LogP contribution is 2.43. The van der Waals surface area contributed by atoms with Crippen molar-refractivity contribution >= 4 is 33.5 Å². The predicted molar refractivity (Wildman–Crippen MR) is 134 cm³/mol. The number of hydrogen-bond donors (Lipinski definition) is 1. The smallest absolute Gasteiger partial charge is 0.278 e. The molecule has 0 saturated heterocycles. The van der Waals surface area contributed by atoms with Crippen LogP contribution >= 0.6 is 0 Å². The Bertz CT molecular complexity index is 1480. The van der Waals surface area contributed by atoms with E-state index in [9.17, 15) is 4.79 Å². The van der Waals surface area contributed by atoms with E-state index in [-0.39, 0.29) is 5.91 Å². The molecule has 5 rings (SSSR count). The monoisotopic (exact) mass is 420 g/mol. The zero-order valence-electron chi connectivity index (χ0n) is 18.8. The minimum Gasteiger partial charge on any atom is -0.498 e. The Morgan fingerprint density at radius 2 is 1.31 bits per heavy atom. The van der Waals surface area contributed by atoms with E-state index in [1.807, 2.05) is 12.1 Å². The van der Waals surface area contributed by atoms with Crippen LogP contribution in [0.25, 0.3) is 38.8 Å². The van der Waals surface area contributed by atoms with E-state index >= 15 is 0 Å². The van der Waals surface area contributed by atoms with Crippen molar-refractivity contribution < 1.29 is 8.84 Å². The first kappa shape index (κ1) is 20.1. The lowest BCUT2D eigenvalue weighted by Crippen LogP contribution is -2.05. The number of carbonyl (C=O) groups is 1. The molecule has 0 aliphatic heterocycles. The molecule has 0 atom stereocenters. The van der Waals surface area contributed by atoms with Crippen molar-refractivity contribution in [3.63, 3.8) is 0 Å². The van der Waals surface area contributed by atoms with E-state index in [1.165, 1.54) is 27.6 Å². The third-order valence-electron chi connectivity index (χ3n) is 5.91. The van der Waals surface area contributed by atoms with Gasteiger partial charge < -0.3 is 9.36 Å². The highest BCUT2D eigenvalue weighted by molar-refractivity contribution is 6.10. The van der Waals surface area contributed by atoms with Crippen LogP contribution in [0.1, 0.15) is 23.6 Å². The van der Waals surface area contributed by atoms with E-state index in [1.54, 1.807) is 6.92 Å². The van der Waals surface area contributed by atoms with Crippen LogP contribution in [-0.2, 0) is 4.79 Å². The second-order valence-electron chi connectivity index (χ2n) is 8.51. The van der Waals surface area contributed by atoms with Crippen LogP contribution in [0.15, 0.2) is 82.9 Å². The van der Waals surface area contributed by atoms with Gasteiger partial charge in [-0.05, 0) is 73.9 Å². The maximum Gasteiger partial charge on any atom is 0.278 e. The maximum absolute atomic E-state index is 11.7. The molecule has 0 bridgehead atoms. The second-order valence-corrected chi connectivity index (χ2v) is 8.51. The third-order valence-corrected chi connectivity index (χ3v) is 5.91. The topological polar surface area (TPSA) is 31.8 Å². The van der Waals surface area contributed by atoms with Crippen molar-refractivity contribution in [3.05, 3.63) is 95.6 Å². The number of nitrogens with one attached hydrogen (secondary N) is 1. The average Bonchev–Trinajstić information content (AvgIpc) is 3.09. The van der Waals surface area contributed by atoms with Gasteiger partial charge in [-0.1, -0.05) is 30.3 Å². The van der Waals surface area contributed by atoms with Crippen molar-refractivity contribution in [2.45, 2.75) is 27.7 Å². The van der Waals surface area contributed by atoms with Gasteiger partial charge in [0, 0.05) is 35.9 Å². The average molecular weight is 421 g/mol. The first-order valence-corrected chi connectivity index (χ1v) is 10.9. The number of hydrogen-bond acceptors (Lipinski definition) is 1. The van der Waals surface area contributed by atoms with Crippen molar-refractivity contribution in [1.82, 2.24) is 0 Å². The summed E-state index contributed by atoms with van der Waals surface area (Å²) in [5, 5.41) is 5.24. The molecule has 1 amide bonds. The van der Waals surface area contributed by atoms with E-state index < -0.39 is 0 Å². The van der Waals surface area contributed by atoms with E-state index in [4.69, 9.17) is 0 Å². The van der Waals surface area contributed by atoms with E-state index in [0.717, 1.165) is 33.6 Å². The molecule has 0 aliphatic rings. The van der Waals surface area contributed by atoms with E-state index in [0.29, 0.717) is 0 Å². The molecule has 158 valence electrons. The number of fused-ring (bicyclic) bond motifs is 3. The molecule has 0 saturated carbocycles. The first-order valence-electron chi connectivity index (χ1n) is 10.9. The number of rotatable bonds is 3. The van der Waals surface area contributed by atoms with Gasteiger partial charge in [-0.25, -0.2) is 0 Å². The van der Waals surface area contributed by atoms with Gasteiger partial charge in [0.15, 0.2) is 0 Å². The largest absolute Gasteiger partial charge is 0.498 e. The zero-order chi connectivity index (χ0) is 22.4. The quantitative estimate of drug-likeness (QED) is 0.297. The molecule has 1 aromatic heterocycles. The summed E-state index contributed by atoms with van der Waals surface area (Å²) in [6.07, 6.45) is 0. The Kier molecular flexibility index (Phi) is 4.82. The van der Waals surface area contributed by atoms with Crippen LogP contribution < -0.4 is 5.32 Å². The Hall–Kier alpha value is -3.85. The fourth-order valence-corrected chi connectivity index (χ4v) is 4.70. The number of amides is 1. The van der Waals surface area contributed by atoms with E-state index in [2.05, 4.69) is 96.9 Å². The molecule has 5 aromatic rings. The minimum absolute atomic E-state index is 0.0657. The van der Waals surface area contributed by atoms with Crippen molar-refractivity contribution in [1.29, 1.82) is 0 Å². The summed E-state index contributed by atoms with van der Waals surface area (Å²) in [4.78, 5) is 11.7. The van der Waals surface area contributed by atoms with Crippen molar-refractivity contribution in [2.24, 2.45) is 0 Å². The molecule has 1 N–H and O–H groups in total. The Balaban J connectivity index is 1.79. The van der Waals surface area contributed by atoms with Crippen LogP contribution in [-0.4, -0.2) is 5.91 Å². The summed E-state index contributed by atoms with van der Waals surface area (Å²) in [6, 6.07) is 27.6. The van der Waals surface area contributed by atoms with Gasteiger partial charge in [0.2, 0.25) is 5.91 Å². The molecule has 0 fully saturated rings. The normalized spacial score (nSPS) is 11.2. The van der Waals surface area contributed by atoms with Gasteiger partial charge in [0.05, 0.1) is 10.8 Å². The number of benzene rings is 4. The lowest BCUT2D eigenvalue weighted by atomic mass is 10.0. The standard InChI is InChI=1S/C29H25NO2/c1-18-14-19(2)28-26(15-18)27-17-24(30-21(4)31)16-20(3)29(27)32(28)25-12-10-23(11-13-25)22-8-6-5-7-9-22/h5-17H,1-4H3/p+1. The van der Waals surface area contributed by atoms with Crippen LogP contribution in [0.2, 0.25) is 0 Å². The highest BCUT2D eigenvalue weighted by Gasteiger charge is 2.25. The van der Waals surface area contributed by atoms with Crippen LogP contribution in [0, 0.1) is 20.8 Å². The SMILES string of the molecule is CC(=O)Nc1cc(C)c2c(c1)c1cc(C)cc(C)c1[o+]2-c1ccc(-c2ccccc2)cc1. The number of aryl methyl sites for hydroxylation is 3. The lowest BCUT2D eigenvalue weighted by Gasteiger charge is -2.09. The van der Waals surface area contributed by atoms with Crippen molar-refractivity contribution in [3.8, 4) is 16.9 Å². The Morgan fingerprint density at radius 1 is 0.719 bits per heavy atom. The van der Waals surface area contributed by atoms with Crippen molar-refractivity contribution in [2.75, 3.05) is 5.32 Å². The fourth-order valence-electron chi connectivity index (χ4n) is 4.70. The lowest BCUT2D eigenvalue weighted by molar-refractivity contribution is -0.114. The molecule has 32 heavy (non-hydrogen) atoms. The molecule has 0 radical (unpaired) electrons. The fraction of sp³-hybridized carbons (Fsp3) is 0.138. The molecule has 0 aliphatic carbocycles. The molecule has 4 aromatic carbocycles. The number of furan rings is 1. The predicted octanol–water partition coefficient (Wildman–Crippen LogP) is 7.81. The Labute approximate surface area is 188 Å². The molecule has 0 spiro atoms. The molecular weight excluding hydrogens is 394 g/mol.